The number of nitrogens with two attached hydrogens (primary N) is 1. The van der Waals surface area contributed by atoms with E-state index in [4.69, 9.17) is 5.73 Å². The zero-order valence-electron chi connectivity index (χ0n) is 13.6. The minimum Gasteiger partial charge on any atom is -0.386 e. The van der Waals surface area contributed by atoms with Crippen LogP contribution in [0.4, 0.5) is 9.52 Å². The second kappa shape index (κ2) is 9.30. The topological polar surface area (TPSA) is 78.0 Å². The summed E-state index contributed by atoms with van der Waals surface area (Å²) in [6.45, 7) is 3.28. The Labute approximate surface area is 167 Å². The van der Waals surface area contributed by atoms with Crippen LogP contribution >= 0.6 is 35.3 Å². The first-order valence-corrected chi connectivity index (χ1v) is 8.64. The standard InChI is InChI=1S/C16H20FN5OS.HI/c17-13-3-1-2-12(10-13)14(23)11-20-15(18)21-5-7-22(8-6-21)16-19-4-9-24-16;/h1-4,9-10,14,23H,5-8,11H2,(H2,18,20);1H. The molecular weight excluding hydrogens is 456 g/mol. The molecule has 2 aromatic rings. The fraction of sp³-hybridized carbons (Fsp3) is 0.375. The summed E-state index contributed by atoms with van der Waals surface area (Å²) in [7, 11) is 0. The summed E-state index contributed by atoms with van der Waals surface area (Å²) in [5.41, 5.74) is 6.53. The van der Waals surface area contributed by atoms with E-state index < -0.39 is 6.10 Å². The third kappa shape index (κ3) is 5.25. The third-order valence-electron chi connectivity index (χ3n) is 3.95. The number of aromatic nitrogens is 1. The van der Waals surface area contributed by atoms with Gasteiger partial charge in [0.05, 0.1) is 12.6 Å². The molecule has 25 heavy (non-hydrogen) atoms. The van der Waals surface area contributed by atoms with Crippen LogP contribution in [0.5, 0.6) is 0 Å². The summed E-state index contributed by atoms with van der Waals surface area (Å²) in [6.07, 6.45) is 0.937. The SMILES string of the molecule is I.NC(=NCC(O)c1cccc(F)c1)N1CCN(c2nccs2)CC1. The van der Waals surface area contributed by atoms with Gasteiger partial charge in [0.25, 0.3) is 0 Å². The van der Waals surface area contributed by atoms with E-state index in [0.717, 1.165) is 31.3 Å². The highest BCUT2D eigenvalue weighted by Crippen LogP contribution is 2.19. The van der Waals surface area contributed by atoms with Crippen molar-refractivity contribution >= 4 is 46.4 Å². The quantitative estimate of drug-likeness (QED) is 0.401. The normalized spacial score (nSPS) is 16.5. The van der Waals surface area contributed by atoms with E-state index in [9.17, 15) is 9.50 Å². The van der Waals surface area contributed by atoms with E-state index >= 15 is 0 Å². The maximum Gasteiger partial charge on any atom is 0.191 e. The van der Waals surface area contributed by atoms with Crippen molar-refractivity contribution in [1.82, 2.24) is 9.88 Å². The number of aliphatic imine (C=N–C) groups is 1. The molecule has 1 atom stereocenters. The molecular formula is C16H21FIN5OS. The van der Waals surface area contributed by atoms with E-state index in [1.54, 1.807) is 29.7 Å². The molecule has 0 saturated carbocycles. The summed E-state index contributed by atoms with van der Waals surface area (Å²) in [5.74, 6) is 0.0334. The van der Waals surface area contributed by atoms with Crippen LogP contribution in [0.25, 0.3) is 0 Å². The van der Waals surface area contributed by atoms with Gasteiger partial charge in [0.1, 0.15) is 5.82 Å². The predicted octanol–water partition coefficient (Wildman–Crippen LogP) is 2.07. The Morgan fingerprint density at radius 1 is 1.36 bits per heavy atom. The first-order chi connectivity index (χ1) is 11.6. The van der Waals surface area contributed by atoms with Crippen molar-refractivity contribution in [2.24, 2.45) is 10.7 Å². The lowest BCUT2D eigenvalue weighted by atomic mass is 10.1. The van der Waals surface area contributed by atoms with Crippen LogP contribution < -0.4 is 10.6 Å². The second-order valence-corrected chi connectivity index (χ2v) is 6.43. The number of benzene rings is 1. The summed E-state index contributed by atoms with van der Waals surface area (Å²) >= 11 is 1.62. The average molecular weight is 477 g/mol. The molecule has 1 aromatic carbocycles. The summed E-state index contributed by atoms with van der Waals surface area (Å²) < 4.78 is 13.2. The lowest BCUT2D eigenvalue weighted by Gasteiger charge is -2.35. The van der Waals surface area contributed by atoms with Crippen LogP contribution in [0.1, 0.15) is 11.7 Å². The monoisotopic (exact) mass is 477 g/mol. The Morgan fingerprint density at radius 2 is 2.12 bits per heavy atom. The smallest absolute Gasteiger partial charge is 0.191 e. The molecule has 6 nitrogen and oxygen atoms in total. The van der Waals surface area contributed by atoms with Crippen LogP contribution in [-0.2, 0) is 0 Å². The number of nitrogens with zero attached hydrogens (tertiary/aromatic N) is 4. The zero-order chi connectivity index (χ0) is 16.9. The molecule has 1 saturated heterocycles. The number of aliphatic hydroxyl groups excluding tert-OH is 1. The van der Waals surface area contributed by atoms with Crippen molar-refractivity contribution in [3.8, 4) is 0 Å². The van der Waals surface area contributed by atoms with Crippen LogP contribution in [0, 0.1) is 5.82 Å². The van der Waals surface area contributed by atoms with Gasteiger partial charge in [-0.2, -0.15) is 0 Å². The molecule has 3 rings (SSSR count). The fourth-order valence-electron chi connectivity index (χ4n) is 2.60. The van der Waals surface area contributed by atoms with Gasteiger partial charge in [-0.05, 0) is 17.7 Å². The van der Waals surface area contributed by atoms with Crippen molar-refractivity contribution in [3.05, 3.63) is 47.2 Å². The lowest BCUT2D eigenvalue weighted by Crippen LogP contribution is -2.51. The van der Waals surface area contributed by atoms with Crippen molar-refractivity contribution in [2.75, 3.05) is 37.6 Å². The van der Waals surface area contributed by atoms with E-state index in [1.807, 2.05) is 10.3 Å². The Bertz CT molecular complexity index is 692. The van der Waals surface area contributed by atoms with Gasteiger partial charge in [-0.1, -0.05) is 12.1 Å². The van der Waals surface area contributed by atoms with Gasteiger partial charge >= 0.3 is 0 Å². The second-order valence-electron chi connectivity index (χ2n) is 5.56. The van der Waals surface area contributed by atoms with Crippen LogP contribution in [0.15, 0.2) is 40.8 Å². The molecule has 1 aromatic heterocycles. The van der Waals surface area contributed by atoms with Crippen LogP contribution in [0.3, 0.4) is 0 Å². The molecule has 2 heterocycles. The highest BCUT2D eigenvalue weighted by Gasteiger charge is 2.20. The summed E-state index contributed by atoms with van der Waals surface area (Å²) in [6, 6.07) is 5.89. The number of aliphatic hydroxyl groups is 1. The average Bonchev–Trinajstić information content (AvgIpc) is 3.14. The van der Waals surface area contributed by atoms with Crippen molar-refractivity contribution < 1.29 is 9.50 Å². The summed E-state index contributed by atoms with van der Waals surface area (Å²) in [5, 5.41) is 13.1. The number of anilines is 1. The molecule has 9 heteroatoms. The Balaban J connectivity index is 0.00000225. The minimum absolute atomic E-state index is 0. The van der Waals surface area contributed by atoms with Gasteiger partial charge in [-0.25, -0.2) is 9.37 Å². The molecule has 0 spiro atoms. The molecule has 1 aliphatic rings. The van der Waals surface area contributed by atoms with Gasteiger partial charge < -0.3 is 20.6 Å². The number of hydrogen-bond acceptors (Lipinski definition) is 5. The molecule has 3 N–H and O–H groups in total. The maximum atomic E-state index is 13.2. The largest absolute Gasteiger partial charge is 0.386 e. The Morgan fingerprint density at radius 3 is 2.76 bits per heavy atom. The van der Waals surface area contributed by atoms with E-state index in [1.165, 1.54) is 12.1 Å². The molecule has 136 valence electrons. The molecule has 1 fully saturated rings. The highest BCUT2D eigenvalue weighted by atomic mass is 127. The van der Waals surface area contributed by atoms with Crippen molar-refractivity contribution in [1.29, 1.82) is 0 Å². The van der Waals surface area contributed by atoms with Gasteiger partial charge in [-0.3, -0.25) is 4.99 Å². The van der Waals surface area contributed by atoms with E-state index in [-0.39, 0.29) is 36.3 Å². The van der Waals surface area contributed by atoms with Gasteiger partial charge in [-0.15, -0.1) is 35.3 Å². The first-order valence-electron chi connectivity index (χ1n) is 7.76. The predicted molar refractivity (Wildman–Crippen MR) is 109 cm³/mol. The number of halogens is 2. The summed E-state index contributed by atoms with van der Waals surface area (Å²) in [4.78, 5) is 12.8. The van der Waals surface area contributed by atoms with Crippen molar-refractivity contribution in [2.45, 2.75) is 6.10 Å². The number of guanidine groups is 1. The van der Waals surface area contributed by atoms with Gasteiger partial charge in [0.2, 0.25) is 0 Å². The number of hydrogen-bond donors (Lipinski definition) is 2. The first kappa shape index (κ1) is 19.9. The molecule has 0 aliphatic carbocycles. The van der Waals surface area contributed by atoms with Crippen LogP contribution in [-0.4, -0.2) is 53.7 Å². The molecule has 0 amide bonds. The van der Waals surface area contributed by atoms with Gasteiger partial charge in [0, 0.05) is 37.8 Å². The molecule has 0 radical (unpaired) electrons. The molecule has 0 bridgehead atoms. The number of rotatable bonds is 4. The third-order valence-corrected chi connectivity index (χ3v) is 4.79. The minimum atomic E-state index is -0.865. The van der Waals surface area contributed by atoms with Gasteiger partial charge in [0.15, 0.2) is 11.1 Å². The maximum absolute atomic E-state index is 13.2. The molecule has 1 unspecified atom stereocenters. The zero-order valence-corrected chi connectivity index (χ0v) is 16.7. The lowest BCUT2D eigenvalue weighted by molar-refractivity contribution is 0.186. The molecule has 1 aliphatic heterocycles. The van der Waals surface area contributed by atoms with Crippen LogP contribution in [0.2, 0.25) is 0 Å². The Kier molecular flexibility index (Phi) is 7.38. The fourth-order valence-corrected chi connectivity index (χ4v) is 3.29. The highest BCUT2D eigenvalue weighted by molar-refractivity contribution is 14.0. The van der Waals surface area contributed by atoms with E-state index in [2.05, 4.69) is 14.9 Å². The Hall–Kier alpha value is -1.46. The van der Waals surface area contributed by atoms with Crippen molar-refractivity contribution in [3.63, 3.8) is 0 Å². The van der Waals surface area contributed by atoms with E-state index in [0.29, 0.717) is 11.5 Å². The number of piperazine rings is 1. The number of thiazole rings is 1.